The van der Waals surface area contributed by atoms with Crippen LogP contribution in [0.2, 0.25) is 5.02 Å². The molecule has 17 heavy (non-hydrogen) atoms. The number of aromatic hydroxyl groups is 1. The van der Waals surface area contributed by atoms with Gasteiger partial charge in [0.05, 0.1) is 5.56 Å². The highest BCUT2D eigenvalue weighted by Crippen LogP contribution is 2.22. The standard InChI is InChI=1S/C12H15BrClNO2/c1-8(13)5-6-15(2)12(17)10-7-9(14)3-4-11(10)16/h3-4,7-8,16H,5-6H2,1-2H3. The van der Waals surface area contributed by atoms with Crippen LogP contribution in [-0.4, -0.2) is 34.3 Å². The van der Waals surface area contributed by atoms with Gasteiger partial charge in [0.1, 0.15) is 5.75 Å². The molecule has 94 valence electrons. The van der Waals surface area contributed by atoms with Gasteiger partial charge in [-0.25, -0.2) is 0 Å². The van der Waals surface area contributed by atoms with Gasteiger partial charge in [-0.2, -0.15) is 0 Å². The zero-order valence-corrected chi connectivity index (χ0v) is 12.1. The van der Waals surface area contributed by atoms with Gasteiger partial charge in [0.2, 0.25) is 0 Å². The van der Waals surface area contributed by atoms with Gasteiger partial charge in [0.25, 0.3) is 5.91 Å². The molecule has 0 aliphatic carbocycles. The van der Waals surface area contributed by atoms with Crippen LogP contribution in [0.5, 0.6) is 5.75 Å². The van der Waals surface area contributed by atoms with Gasteiger partial charge < -0.3 is 10.0 Å². The van der Waals surface area contributed by atoms with Crippen molar-refractivity contribution in [1.82, 2.24) is 4.90 Å². The zero-order chi connectivity index (χ0) is 13.0. The zero-order valence-electron chi connectivity index (χ0n) is 9.78. The number of carbonyl (C=O) groups is 1. The molecule has 0 aliphatic heterocycles. The topological polar surface area (TPSA) is 40.5 Å². The van der Waals surface area contributed by atoms with Gasteiger partial charge in [-0.1, -0.05) is 34.5 Å². The van der Waals surface area contributed by atoms with E-state index in [1.807, 2.05) is 6.92 Å². The smallest absolute Gasteiger partial charge is 0.257 e. The van der Waals surface area contributed by atoms with Crippen LogP contribution in [-0.2, 0) is 0 Å². The first-order chi connectivity index (χ1) is 7.91. The predicted molar refractivity (Wildman–Crippen MR) is 73.1 cm³/mol. The van der Waals surface area contributed by atoms with Crippen LogP contribution in [0.15, 0.2) is 18.2 Å². The molecule has 0 saturated heterocycles. The first-order valence-electron chi connectivity index (χ1n) is 5.30. The molecule has 1 aromatic carbocycles. The fourth-order valence-electron chi connectivity index (χ4n) is 1.36. The fourth-order valence-corrected chi connectivity index (χ4v) is 1.74. The molecule has 0 fully saturated rings. The minimum atomic E-state index is -0.224. The van der Waals surface area contributed by atoms with E-state index in [9.17, 15) is 9.90 Å². The van der Waals surface area contributed by atoms with Crippen molar-refractivity contribution in [3.05, 3.63) is 28.8 Å². The molecular formula is C12H15BrClNO2. The van der Waals surface area contributed by atoms with Gasteiger partial charge >= 0.3 is 0 Å². The molecule has 0 aliphatic rings. The van der Waals surface area contributed by atoms with Crippen LogP contribution < -0.4 is 0 Å². The van der Waals surface area contributed by atoms with E-state index in [0.29, 0.717) is 16.4 Å². The predicted octanol–water partition coefficient (Wildman–Crippen LogP) is 3.29. The summed E-state index contributed by atoms with van der Waals surface area (Å²) in [6.45, 7) is 2.65. The Bertz CT molecular complexity index is 409. The van der Waals surface area contributed by atoms with E-state index >= 15 is 0 Å². The summed E-state index contributed by atoms with van der Waals surface area (Å²) >= 11 is 9.23. The van der Waals surface area contributed by atoms with Crippen molar-refractivity contribution in [3.63, 3.8) is 0 Å². The van der Waals surface area contributed by atoms with Crippen LogP contribution in [0, 0.1) is 0 Å². The monoisotopic (exact) mass is 319 g/mol. The Morgan fingerprint density at radius 3 is 2.82 bits per heavy atom. The largest absolute Gasteiger partial charge is 0.507 e. The van der Waals surface area contributed by atoms with Gasteiger partial charge in [-0.05, 0) is 24.6 Å². The summed E-state index contributed by atoms with van der Waals surface area (Å²) < 4.78 is 0. The first-order valence-corrected chi connectivity index (χ1v) is 6.59. The highest BCUT2D eigenvalue weighted by atomic mass is 79.9. The molecule has 1 N–H and O–H groups in total. The molecule has 1 aromatic rings. The number of rotatable bonds is 4. The number of nitrogens with zero attached hydrogens (tertiary/aromatic N) is 1. The van der Waals surface area contributed by atoms with Crippen molar-refractivity contribution >= 4 is 33.4 Å². The molecule has 0 aromatic heterocycles. The lowest BCUT2D eigenvalue weighted by Crippen LogP contribution is -2.28. The van der Waals surface area contributed by atoms with Crippen molar-refractivity contribution in [2.24, 2.45) is 0 Å². The highest BCUT2D eigenvalue weighted by molar-refractivity contribution is 9.09. The Balaban J connectivity index is 2.78. The second-order valence-corrected chi connectivity index (χ2v) is 5.96. The maximum absolute atomic E-state index is 12.0. The van der Waals surface area contributed by atoms with Crippen molar-refractivity contribution in [3.8, 4) is 5.75 Å². The molecule has 1 rings (SSSR count). The normalized spacial score (nSPS) is 12.2. The molecular weight excluding hydrogens is 305 g/mol. The Morgan fingerprint density at radius 2 is 2.24 bits per heavy atom. The number of phenolic OH excluding ortho intramolecular Hbond substituents is 1. The summed E-state index contributed by atoms with van der Waals surface area (Å²) in [5.41, 5.74) is 0.238. The third-order valence-corrected chi connectivity index (χ3v) is 3.09. The van der Waals surface area contributed by atoms with Crippen LogP contribution >= 0.6 is 27.5 Å². The SMILES string of the molecule is CC(Br)CCN(C)C(=O)c1cc(Cl)ccc1O. The van der Waals surface area contributed by atoms with Crippen LogP contribution in [0.3, 0.4) is 0 Å². The van der Waals surface area contributed by atoms with E-state index < -0.39 is 0 Å². The molecule has 3 nitrogen and oxygen atoms in total. The van der Waals surface area contributed by atoms with E-state index in [0.717, 1.165) is 6.42 Å². The molecule has 0 heterocycles. The van der Waals surface area contributed by atoms with E-state index in [1.165, 1.54) is 12.1 Å². The maximum atomic E-state index is 12.0. The van der Waals surface area contributed by atoms with E-state index in [-0.39, 0.29) is 17.2 Å². The number of phenols is 1. The second kappa shape index (κ2) is 6.26. The van der Waals surface area contributed by atoms with Crippen molar-refractivity contribution in [2.45, 2.75) is 18.2 Å². The molecule has 1 amide bonds. The average Bonchev–Trinajstić information content (AvgIpc) is 2.28. The van der Waals surface area contributed by atoms with E-state index in [1.54, 1.807) is 18.0 Å². The Hall–Kier alpha value is -0.740. The lowest BCUT2D eigenvalue weighted by molar-refractivity contribution is 0.0791. The molecule has 5 heteroatoms. The molecule has 1 atom stereocenters. The number of carbonyl (C=O) groups excluding carboxylic acids is 1. The number of benzene rings is 1. The van der Waals surface area contributed by atoms with E-state index in [2.05, 4.69) is 15.9 Å². The quantitative estimate of drug-likeness (QED) is 0.865. The number of halogens is 2. The van der Waals surface area contributed by atoms with Crippen molar-refractivity contribution in [1.29, 1.82) is 0 Å². The third-order valence-electron chi connectivity index (χ3n) is 2.40. The fraction of sp³-hybridized carbons (Fsp3) is 0.417. The van der Waals surface area contributed by atoms with Crippen LogP contribution in [0.4, 0.5) is 0 Å². The minimum Gasteiger partial charge on any atom is -0.507 e. The summed E-state index contributed by atoms with van der Waals surface area (Å²) in [5.74, 6) is -0.267. The Labute approximate surface area is 115 Å². The van der Waals surface area contributed by atoms with Gasteiger partial charge in [-0.3, -0.25) is 4.79 Å². The summed E-state index contributed by atoms with van der Waals surface area (Å²) in [7, 11) is 1.71. The number of hydrogen-bond acceptors (Lipinski definition) is 2. The first kappa shape index (κ1) is 14.3. The van der Waals surface area contributed by atoms with Crippen LogP contribution in [0.1, 0.15) is 23.7 Å². The van der Waals surface area contributed by atoms with Crippen LogP contribution in [0.25, 0.3) is 0 Å². The summed E-state index contributed by atoms with van der Waals surface area (Å²) in [5, 5.41) is 10.1. The maximum Gasteiger partial charge on any atom is 0.257 e. The number of amides is 1. The number of hydrogen-bond donors (Lipinski definition) is 1. The van der Waals surface area contributed by atoms with E-state index in [4.69, 9.17) is 11.6 Å². The summed E-state index contributed by atoms with van der Waals surface area (Å²) in [6.07, 6.45) is 0.851. The second-order valence-electron chi connectivity index (χ2n) is 3.96. The Morgan fingerprint density at radius 1 is 1.59 bits per heavy atom. The highest BCUT2D eigenvalue weighted by Gasteiger charge is 2.16. The van der Waals surface area contributed by atoms with Gasteiger partial charge in [0.15, 0.2) is 0 Å². The molecule has 0 spiro atoms. The molecule has 0 saturated carbocycles. The Kier molecular flexibility index (Phi) is 5.28. The lowest BCUT2D eigenvalue weighted by atomic mass is 10.1. The minimum absolute atomic E-state index is 0.0434. The van der Waals surface area contributed by atoms with Gasteiger partial charge in [0, 0.05) is 23.4 Å². The van der Waals surface area contributed by atoms with Crippen molar-refractivity contribution < 1.29 is 9.90 Å². The summed E-state index contributed by atoms with van der Waals surface area (Å²) in [4.78, 5) is 13.9. The van der Waals surface area contributed by atoms with Gasteiger partial charge in [-0.15, -0.1) is 0 Å². The third kappa shape index (κ3) is 4.21. The summed E-state index contributed by atoms with van der Waals surface area (Å²) in [6, 6.07) is 4.46. The molecule has 0 radical (unpaired) electrons. The lowest BCUT2D eigenvalue weighted by Gasteiger charge is -2.18. The molecule has 1 unspecified atom stereocenters. The average molecular weight is 321 g/mol. The van der Waals surface area contributed by atoms with Crippen molar-refractivity contribution in [2.75, 3.05) is 13.6 Å². The molecule has 0 bridgehead atoms. The number of alkyl halides is 1.